The van der Waals surface area contributed by atoms with Crippen LogP contribution in [0.3, 0.4) is 0 Å². The molecule has 0 aromatic rings. The second kappa shape index (κ2) is 16.9. The number of hydrogen-bond acceptors (Lipinski definition) is 15. The van der Waals surface area contributed by atoms with Gasteiger partial charge in [0.25, 0.3) is 0 Å². The van der Waals surface area contributed by atoms with Gasteiger partial charge in [-0.15, -0.1) is 0 Å². The lowest BCUT2D eigenvalue weighted by Crippen LogP contribution is -2.68. The highest BCUT2D eigenvalue weighted by molar-refractivity contribution is 7.80. The summed E-state index contributed by atoms with van der Waals surface area (Å²) in [5.74, 6) is -0.450. The van der Waals surface area contributed by atoms with E-state index in [1.165, 1.54) is 7.11 Å². The van der Waals surface area contributed by atoms with Gasteiger partial charge in [-0.3, -0.25) is 4.55 Å². The van der Waals surface area contributed by atoms with Gasteiger partial charge in [-0.25, -0.2) is 4.18 Å². The van der Waals surface area contributed by atoms with Gasteiger partial charge >= 0.3 is 10.4 Å². The van der Waals surface area contributed by atoms with Gasteiger partial charge in [-0.2, -0.15) is 8.42 Å². The summed E-state index contributed by atoms with van der Waals surface area (Å²) in [6.07, 6.45) is -7.46. The lowest BCUT2D eigenvalue weighted by Gasteiger charge is -2.66. The van der Waals surface area contributed by atoms with Crippen molar-refractivity contribution in [1.29, 1.82) is 0 Å². The Morgan fingerprint density at radius 3 is 2.21 bits per heavy atom. The van der Waals surface area contributed by atoms with E-state index in [9.17, 15) is 48.7 Å². The molecule has 0 amide bonds. The number of ether oxygens (including phenoxy) is 5. The highest BCUT2D eigenvalue weighted by Crippen LogP contribution is 2.69. The highest BCUT2D eigenvalue weighted by Gasteiger charge is 2.70. The Bertz CT molecular complexity index is 1480. The van der Waals surface area contributed by atoms with Crippen LogP contribution in [-0.4, -0.2) is 149 Å². The molecule has 56 heavy (non-hydrogen) atoms. The maximum atomic E-state index is 12.6. The first-order valence-corrected chi connectivity index (χ1v) is 21.7. The molecule has 0 aromatic heterocycles. The third-order valence-electron chi connectivity index (χ3n) is 15.2. The quantitative estimate of drug-likeness (QED) is 0.0956. The van der Waals surface area contributed by atoms with E-state index in [4.69, 9.17) is 27.9 Å². The van der Waals surface area contributed by atoms with Gasteiger partial charge in [0.05, 0.1) is 43.7 Å². The van der Waals surface area contributed by atoms with Crippen LogP contribution < -0.4 is 0 Å². The first-order valence-electron chi connectivity index (χ1n) is 20.3. The molecule has 2 aliphatic heterocycles. The summed E-state index contributed by atoms with van der Waals surface area (Å²) in [5.41, 5.74) is -0.983. The predicted octanol–water partition coefficient (Wildman–Crippen LogP) is 1.07. The average Bonchev–Trinajstić information content (AvgIpc) is 3.40. The number of aliphatic hydroxyl groups is 7. The van der Waals surface area contributed by atoms with Crippen molar-refractivity contribution in [3.63, 3.8) is 0 Å². The SMILES string of the molecule is C=C(CCC(C)C1CC(O)C2C3(O)CC(O)C4CC(O)CC[C@]4(C)C3CC[C@]12C)C(C)COC1OC[C@@H](O)C(OS(=O)(=O)O)C1O[C@@H]1OC[C@@H](O)C(O)C1OC. The average molecular weight is 823 g/mol. The fraction of sp³-hybridized carbons (Fsp3) is 0.949. The minimum absolute atomic E-state index is 0.0441. The second-order valence-corrected chi connectivity index (χ2v) is 19.6. The lowest BCUT2D eigenvalue weighted by atomic mass is 9.42. The van der Waals surface area contributed by atoms with Crippen LogP contribution in [0, 0.1) is 46.3 Å². The van der Waals surface area contributed by atoms with E-state index in [2.05, 4.69) is 27.4 Å². The van der Waals surface area contributed by atoms with Crippen molar-refractivity contribution in [2.24, 2.45) is 46.3 Å². The van der Waals surface area contributed by atoms with Crippen molar-refractivity contribution in [3.05, 3.63) is 12.2 Å². The van der Waals surface area contributed by atoms with Gasteiger partial charge in [0.2, 0.25) is 0 Å². The zero-order valence-corrected chi connectivity index (χ0v) is 34.1. The molecule has 17 heteroatoms. The lowest BCUT2D eigenvalue weighted by molar-refractivity contribution is -0.343. The van der Waals surface area contributed by atoms with Crippen LogP contribution in [0.5, 0.6) is 0 Å². The summed E-state index contributed by atoms with van der Waals surface area (Å²) >= 11 is 0. The molecule has 2 saturated heterocycles. The van der Waals surface area contributed by atoms with Crippen LogP contribution in [0.2, 0.25) is 0 Å². The number of hydrogen-bond donors (Lipinski definition) is 8. The topological polar surface area (TPSA) is 251 Å². The first-order chi connectivity index (χ1) is 26.1. The summed E-state index contributed by atoms with van der Waals surface area (Å²) < 4.78 is 66.3. The molecular formula is C39H66O16S. The fourth-order valence-corrected chi connectivity index (χ4v) is 12.7. The molecule has 20 atom stereocenters. The van der Waals surface area contributed by atoms with Crippen molar-refractivity contribution in [2.75, 3.05) is 26.9 Å². The molecule has 0 radical (unpaired) electrons. The predicted molar refractivity (Wildman–Crippen MR) is 198 cm³/mol. The molecule has 0 aromatic carbocycles. The summed E-state index contributed by atoms with van der Waals surface area (Å²) in [5, 5.41) is 77.3. The number of methoxy groups -OCH3 is 1. The highest BCUT2D eigenvalue weighted by atomic mass is 32.3. The molecule has 6 fully saturated rings. The normalized spacial score (nSPS) is 49.3. The maximum Gasteiger partial charge on any atom is 0.397 e. The van der Waals surface area contributed by atoms with Gasteiger partial charge in [-0.1, -0.05) is 39.8 Å². The molecule has 4 aliphatic carbocycles. The smallest absolute Gasteiger partial charge is 0.393 e. The summed E-state index contributed by atoms with van der Waals surface area (Å²) in [4.78, 5) is 0. The van der Waals surface area contributed by atoms with Gasteiger partial charge in [0.15, 0.2) is 12.6 Å². The van der Waals surface area contributed by atoms with Gasteiger partial charge < -0.3 is 59.4 Å². The standard InChI is InChI=1S/C39H66O16S/c1-19(21(3)16-51-35-33(31(28(44)18-52-35)55-56(47,48)49)54-36-32(50-6)30(45)27(43)17-53-36)7-8-20(2)23-14-25(41)34-38(23,5)12-10-29-37(4)11-9-22(40)13-24(37)26(42)15-39(29,34)46/h20-36,40-46H,1,7-18H2,2-6H3,(H,47,48,49)/t20?,21?,22?,23?,24?,25?,26?,27-,28-,29?,30?,31?,32?,33?,34?,35?,36+,37+,38-,39?/m1/s1. The van der Waals surface area contributed by atoms with E-state index >= 15 is 0 Å². The van der Waals surface area contributed by atoms with Gasteiger partial charge in [0.1, 0.15) is 36.6 Å². The molecule has 2 heterocycles. The minimum atomic E-state index is -5.07. The Morgan fingerprint density at radius 2 is 1.54 bits per heavy atom. The summed E-state index contributed by atoms with van der Waals surface area (Å²) in [7, 11) is -3.81. The Hall–Kier alpha value is -0.870. The molecule has 0 spiro atoms. The summed E-state index contributed by atoms with van der Waals surface area (Å²) in [6.45, 7) is 12.1. The number of rotatable bonds is 13. The van der Waals surface area contributed by atoms with Crippen LogP contribution in [0.15, 0.2) is 12.2 Å². The molecule has 4 saturated carbocycles. The van der Waals surface area contributed by atoms with E-state index in [0.29, 0.717) is 25.7 Å². The maximum absolute atomic E-state index is 12.6. The van der Waals surface area contributed by atoms with E-state index in [-0.39, 0.29) is 66.0 Å². The van der Waals surface area contributed by atoms with Gasteiger partial charge in [-0.05, 0) is 85.9 Å². The zero-order valence-electron chi connectivity index (χ0n) is 33.3. The Morgan fingerprint density at radius 1 is 0.875 bits per heavy atom. The van der Waals surface area contributed by atoms with Crippen LogP contribution in [0.4, 0.5) is 0 Å². The third-order valence-corrected chi connectivity index (χ3v) is 15.6. The van der Waals surface area contributed by atoms with Crippen molar-refractivity contribution in [2.45, 2.75) is 159 Å². The largest absolute Gasteiger partial charge is 0.397 e. The third kappa shape index (κ3) is 8.40. The Balaban J connectivity index is 1.08. The molecule has 15 unspecified atom stereocenters. The molecule has 16 nitrogen and oxygen atoms in total. The van der Waals surface area contributed by atoms with Crippen molar-refractivity contribution in [3.8, 4) is 0 Å². The van der Waals surface area contributed by atoms with Crippen molar-refractivity contribution in [1.82, 2.24) is 0 Å². The molecule has 0 bridgehead atoms. The minimum Gasteiger partial charge on any atom is -0.393 e. The van der Waals surface area contributed by atoms with Gasteiger partial charge in [0, 0.05) is 25.4 Å². The second-order valence-electron chi connectivity index (χ2n) is 18.5. The Kier molecular flexibility index (Phi) is 13.5. The first kappa shape index (κ1) is 44.7. The van der Waals surface area contributed by atoms with Crippen molar-refractivity contribution >= 4 is 10.4 Å². The molecular weight excluding hydrogens is 756 g/mol. The zero-order chi connectivity index (χ0) is 41.1. The molecule has 324 valence electrons. The molecule has 6 aliphatic rings. The number of aliphatic hydroxyl groups excluding tert-OH is 6. The van der Waals surface area contributed by atoms with Crippen LogP contribution in [0.25, 0.3) is 0 Å². The fourth-order valence-electron chi connectivity index (χ4n) is 12.2. The monoisotopic (exact) mass is 822 g/mol. The van der Waals surface area contributed by atoms with Crippen molar-refractivity contribution < 1.29 is 76.6 Å². The molecule has 8 N–H and O–H groups in total. The van der Waals surface area contributed by atoms with E-state index < -0.39 is 90.1 Å². The number of fused-ring (bicyclic) bond motifs is 5. The molecule has 6 rings (SSSR count). The van der Waals surface area contributed by atoms with E-state index in [1.807, 2.05) is 6.92 Å². The van der Waals surface area contributed by atoms with E-state index in [1.54, 1.807) is 0 Å². The van der Waals surface area contributed by atoms with Crippen LogP contribution in [-0.2, 0) is 38.3 Å². The van der Waals surface area contributed by atoms with E-state index in [0.717, 1.165) is 31.3 Å². The Labute approximate surface area is 330 Å². The van der Waals surface area contributed by atoms with Crippen LogP contribution >= 0.6 is 0 Å². The summed E-state index contributed by atoms with van der Waals surface area (Å²) in [6, 6.07) is 0. The van der Waals surface area contributed by atoms with Crippen LogP contribution in [0.1, 0.15) is 85.5 Å².